The number of hydrogen-bond donors (Lipinski definition) is 0. The highest BCUT2D eigenvalue weighted by Crippen LogP contribution is 2.35. The van der Waals surface area contributed by atoms with Gasteiger partial charge in [-0.2, -0.15) is 0 Å². The molecule has 0 N–H and O–H groups in total. The van der Waals surface area contributed by atoms with E-state index in [1.807, 2.05) is 6.08 Å². The van der Waals surface area contributed by atoms with Crippen molar-refractivity contribution < 1.29 is 4.79 Å². The molecule has 0 spiro atoms. The SMILES string of the molecule is Cc1ccc(/C=C/C(=O)N2CCCC3CCCCC32)cc1. The minimum atomic E-state index is 0.201. The first-order valence-electron chi connectivity index (χ1n) is 8.29. The van der Waals surface area contributed by atoms with E-state index < -0.39 is 0 Å². The molecule has 1 amide bonds. The number of likely N-dealkylation sites (tertiary alicyclic amines) is 1. The zero-order valence-corrected chi connectivity index (χ0v) is 12.9. The van der Waals surface area contributed by atoms with Crippen LogP contribution in [0.25, 0.3) is 6.08 Å². The molecule has 0 radical (unpaired) electrons. The molecule has 0 bridgehead atoms. The zero-order valence-electron chi connectivity index (χ0n) is 12.9. The molecule has 2 heteroatoms. The second-order valence-corrected chi connectivity index (χ2v) is 6.53. The first-order chi connectivity index (χ1) is 10.2. The lowest BCUT2D eigenvalue weighted by Crippen LogP contribution is -2.49. The number of rotatable bonds is 2. The highest BCUT2D eigenvalue weighted by Gasteiger charge is 2.34. The third kappa shape index (κ3) is 3.37. The van der Waals surface area contributed by atoms with Crippen LogP contribution < -0.4 is 0 Å². The van der Waals surface area contributed by atoms with Gasteiger partial charge in [-0.15, -0.1) is 0 Å². The molecule has 112 valence electrons. The van der Waals surface area contributed by atoms with E-state index in [0.29, 0.717) is 6.04 Å². The Labute approximate surface area is 127 Å². The fourth-order valence-electron chi connectivity index (χ4n) is 3.84. The fraction of sp³-hybridized carbons (Fsp3) is 0.526. The maximum atomic E-state index is 12.5. The molecule has 1 aliphatic heterocycles. The summed E-state index contributed by atoms with van der Waals surface area (Å²) in [7, 11) is 0. The smallest absolute Gasteiger partial charge is 0.246 e. The normalized spacial score (nSPS) is 25.9. The van der Waals surface area contributed by atoms with E-state index in [9.17, 15) is 4.79 Å². The summed E-state index contributed by atoms with van der Waals surface area (Å²) in [5.41, 5.74) is 2.35. The van der Waals surface area contributed by atoms with Crippen molar-refractivity contribution in [3.05, 3.63) is 41.5 Å². The van der Waals surface area contributed by atoms with Gasteiger partial charge in [0.05, 0.1) is 0 Å². The topological polar surface area (TPSA) is 20.3 Å². The molecule has 1 heterocycles. The van der Waals surface area contributed by atoms with Crippen molar-refractivity contribution in [3.8, 4) is 0 Å². The lowest BCUT2D eigenvalue weighted by atomic mass is 9.78. The van der Waals surface area contributed by atoms with Crippen LogP contribution in [-0.2, 0) is 4.79 Å². The van der Waals surface area contributed by atoms with Crippen LogP contribution in [-0.4, -0.2) is 23.4 Å². The zero-order chi connectivity index (χ0) is 14.7. The monoisotopic (exact) mass is 283 g/mol. The Morgan fingerprint density at radius 2 is 1.81 bits per heavy atom. The number of carbonyl (C=O) groups excluding carboxylic acids is 1. The lowest BCUT2D eigenvalue weighted by Gasteiger charge is -2.43. The largest absolute Gasteiger partial charge is 0.336 e. The van der Waals surface area contributed by atoms with Gasteiger partial charge in [-0.3, -0.25) is 4.79 Å². The molecule has 1 saturated carbocycles. The predicted octanol–water partition coefficient (Wildman–Crippen LogP) is 4.19. The van der Waals surface area contributed by atoms with Crippen LogP contribution in [0.2, 0.25) is 0 Å². The number of aryl methyl sites for hydroxylation is 1. The molecule has 0 aromatic heterocycles. The average molecular weight is 283 g/mol. The lowest BCUT2D eigenvalue weighted by molar-refractivity contribution is -0.132. The van der Waals surface area contributed by atoms with E-state index in [2.05, 4.69) is 36.1 Å². The van der Waals surface area contributed by atoms with Gasteiger partial charge in [0.2, 0.25) is 5.91 Å². The van der Waals surface area contributed by atoms with Crippen LogP contribution in [0.5, 0.6) is 0 Å². The summed E-state index contributed by atoms with van der Waals surface area (Å²) in [6.45, 7) is 3.02. The molecule has 2 atom stereocenters. The molecule has 2 fully saturated rings. The molecule has 1 aliphatic carbocycles. The quantitative estimate of drug-likeness (QED) is 0.745. The summed E-state index contributed by atoms with van der Waals surface area (Å²) in [5, 5.41) is 0. The molecule has 1 saturated heterocycles. The van der Waals surface area contributed by atoms with Crippen LogP contribution in [0, 0.1) is 12.8 Å². The number of amides is 1. The van der Waals surface area contributed by atoms with E-state index in [0.717, 1.165) is 18.0 Å². The van der Waals surface area contributed by atoms with Gasteiger partial charge in [0, 0.05) is 18.7 Å². The highest BCUT2D eigenvalue weighted by molar-refractivity contribution is 5.92. The Hall–Kier alpha value is -1.57. The molecule has 21 heavy (non-hydrogen) atoms. The molecule has 2 aliphatic rings. The summed E-state index contributed by atoms with van der Waals surface area (Å²) in [4.78, 5) is 14.7. The predicted molar refractivity (Wildman–Crippen MR) is 86.9 cm³/mol. The Morgan fingerprint density at radius 3 is 2.62 bits per heavy atom. The van der Waals surface area contributed by atoms with Crippen molar-refractivity contribution in [2.45, 2.75) is 51.5 Å². The molecule has 2 nitrogen and oxygen atoms in total. The second kappa shape index (κ2) is 6.46. The Bertz CT molecular complexity index is 515. The van der Waals surface area contributed by atoms with Crippen LogP contribution in [0.1, 0.15) is 49.7 Å². The van der Waals surface area contributed by atoms with Crippen molar-refractivity contribution in [1.29, 1.82) is 0 Å². The number of carbonyl (C=O) groups is 1. The Balaban J connectivity index is 1.67. The van der Waals surface area contributed by atoms with E-state index in [4.69, 9.17) is 0 Å². The van der Waals surface area contributed by atoms with E-state index >= 15 is 0 Å². The summed E-state index contributed by atoms with van der Waals surface area (Å²) >= 11 is 0. The van der Waals surface area contributed by atoms with Gasteiger partial charge in [-0.1, -0.05) is 42.7 Å². The van der Waals surface area contributed by atoms with Gasteiger partial charge < -0.3 is 4.90 Å². The minimum Gasteiger partial charge on any atom is -0.336 e. The van der Waals surface area contributed by atoms with E-state index in [-0.39, 0.29) is 5.91 Å². The Kier molecular flexibility index (Phi) is 4.42. The van der Waals surface area contributed by atoms with Crippen LogP contribution in [0.15, 0.2) is 30.3 Å². The molecular formula is C19H25NO. The highest BCUT2D eigenvalue weighted by atomic mass is 16.2. The number of hydrogen-bond acceptors (Lipinski definition) is 1. The van der Waals surface area contributed by atoms with Crippen molar-refractivity contribution in [2.75, 3.05) is 6.54 Å². The van der Waals surface area contributed by atoms with Gasteiger partial charge in [0.1, 0.15) is 0 Å². The first kappa shape index (κ1) is 14.4. The van der Waals surface area contributed by atoms with Crippen LogP contribution in [0.3, 0.4) is 0 Å². The van der Waals surface area contributed by atoms with E-state index in [1.54, 1.807) is 6.08 Å². The van der Waals surface area contributed by atoms with Gasteiger partial charge in [0.15, 0.2) is 0 Å². The van der Waals surface area contributed by atoms with Gasteiger partial charge in [0.25, 0.3) is 0 Å². The molecular weight excluding hydrogens is 258 g/mol. The molecule has 2 unspecified atom stereocenters. The van der Waals surface area contributed by atoms with Crippen LogP contribution in [0.4, 0.5) is 0 Å². The average Bonchev–Trinajstić information content (AvgIpc) is 2.53. The van der Waals surface area contributed by atoms with Gasteiger partial charge >= 0.3 is 0 Å². The maximum absolute atomic E-state index is 12.5. The second-order valence-electron chi connectivity index (χ2n) is 6.53. The Morgan fingerprint density at radius 1 is 1.10 bits per heavy atom. The van der Waals surface area contributed by atoms with Gasteiger partial charge in [-0.25, -0.2) is 0 Å². The number of fused-ring (bicyclic) bond motifs is 1. The summed E-state index contributed by atoms with van der Waals surface area (Å²) < 4.78 is 0. The summed E-state index contributed by atoms with van der Waals surface area (Å²) in [5.74, 6) is 0.955. The van der Waals surface area contributed by atoms with Crippen molar-refractivity contribution in [3.63, 3.8) is 0 Å². The van der Waals surface area contributed by atoms with Gasteiger partial charge in [-0.05, 0) is 50.2 Å². The fourth-order valence-corrected chi connectivity index (χ4v) is 3.84. The number of piperidine rings is 1. The summed E-state index contributed by atoms with van der Waals surface area (Å²) in [6, 6.07) is 8.81. The number of benzene rings is 1. The molecule has 1 aromatic carbocycles. The van der Waals surface area contributed by atoms with Crippen molar-refractivity contribution >= 4 is 12.0 Å². The maximum Gasteiger partial charge on any atom is 0.246 e. The molecule has 3 rings (SSSR count). The first-order valence-corrected chi connectivity index (χ1v) is 8.29. The third-order valence-electron chi connectivity index (χ3n) is 5.02. The van der Waals surface area contributed by atoms with Crippen LogP contribution >= 0.6 is 0 Å². The number of nitrogens with zero attached hydrogens (tertiary/aromatic N) is 1. The standard InChI is InChI=1S/C19H25NO/c1-15-8-10-16(11-9-15)12-13-19(21)20-14-4-6-17-5-2-3-7-18(17)20/h8-13,17-18H,2-7,14H2,1H3/b13-12+. The van der Waals surface area contributed by atoms with Crippen molar-refractivity contribution in [1.82, 2.24) is 4.90 Å². The van der Waals surface area contributed by atoms with E-state index in [1.165, 1.54) is 44.1 Å². The summed E-state index contributed by atoms with van der Waals surface area (Å²) in [6.07, 6.45) is 11.4. The third-order valence-corrected chi connectivity index (χ3v) is 5.02. The minimum absolute atomic E-state index is 0.201. The van der Waals surface area contributed by atoms with Crippen molar-refractivity contribution in [2.24, 2.45) is 5.92 Å². The molecule has 1 aromatic rings.